The van der Waals surface area contributed by atoms with Crippen LogP contribution in [0.5, 0.6) is 0 Å². The maximum Gasteiger partial charge on any atom is 0.264 e. The van der Waals surface area contributed by atoms with E-state index in [4.69, 9.17) is 16.0 Å². The SMILES string of the molecule is O=C1NC(=Nc2ccc(F)cc2)S/C1=C/c1ccc(-c2cccc(Cl)c2)o1. The van der Waals surface area contributed by atoms with Crippen LogP contribution in [-0.4, -0.2) is 11.1 Å². The standard InChI is InChI=1S/C20H12ClFN2O2S/c21-13-3-1-2-12(10-13)17-9-8-16(26-17)11-18-19(25)24-20(27-18)23-15-6-4-14(22)5-7-15/h1-11H,(H,23,24,25)/b18-11+. The smallest absolute Gasteiger partial charge is 0.264 e. The summed E-state index contributed by atoms with van der Waals surface area (Å²) in [5, 5.41) is 3.74. The van der Waals surface area contributed by atoms with E-state index in [0.29, 0.717) is 32.3 Å². The van der Waals surface area contributed by atoms with Crippen LogP contribution in [0.2, 0.25) is 5.02 Å². The Morgan fingerprint density at radius 1 is 1.11 bits per heavy atom. The van der Waals surface area contributed by atoms with Crippen molar-refractivity contribution < 1.29 is 13.6 Å². The number of carbonyl (C=O) groups is 1. The molecule has 2 heterocycles. The monoisotopic (exact) mass is 398 g/mol. The highest BCUT2D eigenvalue weighted by Crippen LogP contribution is 2.30. The number of thioether (sulfide) groups is 1. The van der Waals surface area contributed by atoms with Gasteiger partial charge in [0.15, 0.2) is 5.17 Å². The van der Waals surface area contributed by atoms with E-state index in [1.165, 1.54) is 23.9 Å². The molecule has 1 N–H and O–H groups in total. The number of carbonyl (C=O) groups excluding carboxylic acids is 1. The van der Waals surface area contributed by atoms with Gasteiger partial charge in [-0.1, -0.05) is 23.7 Å². The molecule has 1 fully saturated rings. The molecular weight excluding hydrogens is 387 g/mol. The topological polar surface area (TPSA) is 54.6 Å². The molecule has 1 aromatic heterocycles. The molecule has 1 aliphatic rings. The zero-order valence-corrected chi connectivity index (χ0v) is 15.4. The predicted molar refractivity (Wildman–Crippen MR) is 106 cm³/mol. The molecule has 0 spiro atoms. The largest absolute Gasteiger partial charge is 0.457 e. The van der Waals surface area contributed by atoms with Crippen LogP contribution in [0.1, 0.15) is 5.76 Å². The summed E-state index contributed by atoms with van der Waals surface area (Å²) < 4.78 is 18.8. The minimum absolute atomic E-state index is 0.262. The maximum atomic E-state index is 13.0. The molecule has 0 radical (unpaired) electrons. The molecule has 1 saturated heterocycles. The van der Waals surface area contributed by atoms with Gasteiger partial charge in [-0.25, -0.2) is 9.38 Å². The van der Waals surface area contributed by atoms with Crippen molar-refractivity contribution in [2.45, 2.75) is 0 Å². The molecule has 0 saturated carbocycles. The van der Waals surface area contributed by atoms with E-state index in [1.54, 1.807) is 30.3 Å². The van der Waals surface area contributed by atoms with E-state index in [9.17, 15) is 9.18 Å². The fourth-order valence-electron chi connectivity index (χ4n) is 2.47. The van der Waals surface area contributed by atoms with Gasteiger partial charge in [0.1, 0.15) is 17.3 Å². The first-order chi connectivity index (χ1) is 13.1. The number of furan rings is 1. The van der Waals surface area contributed by atoms with Crippen LogP contribution in [0, 0.1) is 5.82 Å². The van der Waals surface area contributed by atoms with E-state index in [0.717, 1.165) is 5.56 Å². The second kappa shape index (κ2) is 7.42. The number of hydrogen-bond donors (Lipinski definition) is 1. The van der Waals surface area contributed by atoms with Crippen LogP contribution in [0.25, 0.3) is 17.4 Å². The lowest BCUT2D eigenvalue weighted by Gasteiger charge is -1.97. The van der Waals surface area contributed by atoms with Gasteiger partial charge < -0.3 is 9.73 Å². The van der Waals surface area contributed by atoms with Crippen molar-refractivity contribution in [2.75, 3.05) is 0 Å². The molecule has 4 nitrogen and oxygen atoms in total. The van der Waals surface area contributed by atoms with E-state index < -0.39 is 0 Å². The van der Waals surface area contributed by atoms with E-state index >= 15 is 0 Å². The second-order valence-corrected chi connectivity index (χ2v) is 7.14. The number of benzene rings is 2. The second-order valence-electron chi connectivity index (χ2n) is 5.67. The summed E-state index contributed by atoms with van der Waals surface area (Å²) in [5.41, 5.74) is 1.41. The Morgan fingerprint density at radius 3 is 2.70 bits per heavy atom. The molecule has 27 heavy (non-hydrogen) atoms. The van der Waals surface area contributed by atoms with Crippen molar-refractivity contribution in [1.82, 2.24) is 5.32 Å². The number of nitrogens with zero attached hydrogens (tertiary/aromatic N) is 1. The van der Waals surface area contributed by atoms with Crippen LogP contribution in [0.15, 0.2) is 75.0 Å². The number of amides is 1. The summed E-state index contributed by atoms with van der Waals surface area (Å²) in [6.07, 6.45) is 1.65. The molecule has 0 unspecified atom stereocenters. The van der Waals surface area contributed by atoms with Crippen LogP contribution < -0.4 is 5.32 Å². The highest BCUT2D eigenvalue weighted by molar-refractivity contribution is 8.18. The lowest BCUT2D eigenvalue weighted by atomic mass is 10.2. The Bertz CT molecular complexity index is 1070. The number of aliphatic imine (C=N–C) groups is 1. The Labute approximate surface area is 163 Å². The third-order valence-corrected chi connectivity index (χ3v) is 4.86. The average molecular weight is 399 g/mol. The average Bonchev–Trinajstić information content (AvgIpc) is 3.24. The fraction of sp³-hybridized carbons (Fsp3) is 0. The van der Waals surface area contributed by atoms with Crippen molar-refractivity contribution in [3.8, 4) is 11.3 Å². The molecule has 3 aromatic rings. The van der Waals surface area contributed by atoms with Crippen LogP contribution in [0.3, 0.4) is 0 Å². The lowest BCUT2D eigenvalue weighted by Crippen LogP contribution is -2.19. The van der Waals surface area contributed by atoms with Gasteiger partial charge in [-0.3, -0.25) is 4.79 Å². The highest BCUT2D eigenvalue weighted by atomic mass is 35.5. The number of amidine groups is 1. The van der Waals surface area contributed by atoms with Gasteiger partial charge in [-0.2, -0.15) is 0 Å². The normalized spacial score (nSPS) is 16.9. The van der Waals surface area contributed by atoms with Gasteiger partial charge in [0.05, 0.1) is 10.6 Å². The summed E-state index contributed by atoms with van der Waals surface area (Å²) in [7, 11) is 0. The number of halogens is 2. The lowest BCUT2D eigenvalue weighted by molar-refractivity contribution is -0.115. The van der Waals surface area contributed by atoms with Crippen molar-refractivity contribution in [3.05, 3.63) is 82.2 Å². The van der Waals surface area contributed by atoms with Crippen molar-refractivity contribution in [2.24, 2.45) is 4.99 Å². The van der Waals surface area contributed by atoms with Gasteiger partial charge in [-0.05, 0) is 60.3 Å². The Kier molecular flexibility index (Phi) is 4.83. The summed E-state index contributed by atoms with van der Waals surface area (Å²) in [5.74, 6) is 0.608. The van der Waals surface area contributed by atoms with Gasteiger partial charge in [-0.15, -0.1) is 0 Å². The first-order valence-electron chi connectivity index (χ1n) is 7.98. The summed E-state index contributed by atoms with van der Waals surface area (Å²) >= 11 is 7.20. The molecule has 0 aliphatic carbocycles. The number of rotatable bonds is 3. The van der Waals surface area contributed by atoms with E-state index in [-0.39, 0.29) is 11.7 Å². The third-order valence-electron chi connectivity index (χ3n) is 3.72. The summed E-state index contributed by atoms with van der Waals surface area (Å²) in [4.78, 5) is 16.9. The summed E-state index contributed by atoms with van der Waals surface area (Å²) in [6, 6.07) is 16.7. The molecule has 7 heteroatoms. The molecule has 1 aliphatic heterocycles. The van der Waals surface area contributed by atoms with Gasteiger partial charge in [0, 0.05) is 16.7 Å². The van der Waals surface area contributed by atoms with Gasteiger partial charge in [0.2, 0.25) is 0 Å². The van der Waals surface area contributed by atoms with Crippen molar-refractivity contribution in [1.29, 1.82) is 0 Å². The Hall–Kier alpha value is -2.83. The Balaban J connectivity index is 1.54. The number of nitrogens with one attached hydrogen (secondary N) is 1. The van der Waals surface area contributed by atoms with Crippen LogP contribution in [0.4, 0.5) is 10.1 Å². The van der Waals surface area contributed by atoms with E-state index in [2.05, 4.69) is 10.3 Å². The Morgan fingerprint density at radius 2 is 1.93 bits per heavy atom. The van der Waals surface area contributed by atoms with Crippen LogP contribution >= 0.6 is 23.4 Å². The van der Waals surface area contributed by atoms with Crippen LogP contribution in [-0.2, 0) is 4.79 Å². The predicted octanol–water partition coefficient (Wildman–Crippen LogP) is 5.63. The van der Waals surface area contributed by atoms with Gasteiger partial charge in [0.25, 0.3) is 5.91 Å². The molecule has 0 atom stereocenters. The highest BCUT2D eigenvalue weighted by Gasteiger charge is 2.24. The molecule has 2 aromatic carbocycles. The maximum absolute atomic E-state index is 13.0. The van der Waals surface area contributed by atoms with Gasteiger partial charge >= 0.3 is 0 Å². The van der Waals surface area contributed by atoms with Crippen molar-refractivity contribution >= 4 is 46.2 Å². The first-order valence-corrected chi connectivity index (χ1v) is 9.17. The minimum atomic E-state index is -0.337. The zero-order valence-electron chi connectivity index (χ0n) is 13.8. The zero-order chi connectivity index (χ0) is 18.8. The van der Waals surface area contributed by atoms with E-state index in [1.807, 2.05) is 24.3 Å². The first kappa shape index (κ1) is 17.6. The summed E-state index contributed by atoms with van der Waals surface area (Å²) in [6.45, 7) is 0. The molecule has 134 valence electrons. The number of hydrogen-bond acceptors (Lipinski definition) is 4. The quantitative estimate of drug-likeness (QED) is 0.581. The molecular formula is C20H12ClFN2O2S. The molecule has 1 amide bonds. The fourth-order valence-corrected chi connectivity index (χ4v) is 3.48. The minimum Gasteiger partial charge on any atom is -0.457 e. The molecule has 0 bridgehead atoms. The third kappa shape index (κ3) is 4.13. The van der Waals surface area contributed by atoms with Crippen molar-refractivity contribution in [3.63, 3.8) is 0 Å². The molecule has 4 rings (SSSR count).